The lowest BCUT2D eigenvalue weighted by Gasteiger charge is -2.36. The Kier molecular flexibility index (Phi) is 3.93. The number of nitrogens with zero attached hydrogens (tertiary/aromatic N) is 1. The molecule has 2 atom stereocenters. The molecule has 1 fully saturated rings. The molecule has 0 aromatic carbocycles. The lowest BCUT2D eigenvalue weighted by Crippen LogP contribution is -2.48. The zero-order valence-electron chi connectivity index (χ0n) is 9.36. The van der Waals surface area contributed by atoms with Crippen molar-refractivity contribution in [2.45, 2.75) is 52.2 Å². The van der Waals surface area contributed by atoms with Crippen molar-refractivity contribution < 1.29 is 9.90 Å². The van der Waals surface area contributed by atoms with Crippen LogP contribution in [-0.2, 0) is 4.79 Å². The summed E-state index contributed by atoms with van der Waals surface area (Å²) in [6, 6.07) is 0.259. The van der Waals surface area contributed by atoms with Crippen molar-refractivity contribution in [3.63, 3.8) is 0 Å². The fraction of sp³-hybridized carbons (Fsp3) is 0.909. The van der Waals surface area contributed by atoms with E-state index in [1.165, 1.54) is 0 Å². The summed E-state index contributed by atoms with van der Waals surface area (Å²) < 4.78 is 0. The van der Waals surface area contributed by atoms with Crippen LogP contribution in [0.5, 0.6) is 0 Å². The van der Waals surface area contributed by atoms with Gasteiger partial charge in [0, 0.05) is 12.6 Å². The van der Waals surface area contributed by atoms with E-state index in [0.29, 0.717) is 6.42 Å². The molecule has 1 aliphatic rings. The van der Waals surface area contributed by atoms with E-state index in [1.807, 2.05) is 25.7 Å². The third-order valence-electron chi connectivity index (χ3n) is 3.02. The van der Waals surface area contributed by atoms with E-state index in [2.05, 4.69) is 0 Å². The number of aliphatic hydroxyl groups excluding tert-OH is 1. The highest BCUT2D eigenvalue weighted by atomic mass is 16.3. The zero-order chi connectivity index (χ0) is 10.7. The Morgan fingerprint density at radius 1 is 1.57 bits per heavy atom. The third-order valence-corrected chi connectivity index (χ3v) is 3.02. The minimum absolute atomic E-state index is 0.139. The largest absolute Gasteiger partial charge is 0.392 e. The zero-order valence-corrected chi connectivity index (χ0v) is 9.36. The molecule has 1 amide bonds. The van der Waals surface area contributed by atoms with Crippen LogP contribution >= 0.6 is 0 Å². The van der Waals surface area contributed by atoms with Crippen molar-refractivity contribution in [3.8, 4) is 0 Å². The molecule has 0 radical (unpaired) electrons. The van der Waals surface area contributed by atoms with E-state index >= 15 is 0 Å². The van der Waals surface area contributed by atoms with Crippen molar-refractivity contribution in [2.75, 3.05) is 6.54 Å². The number of aliphatic hydroxyl groups is 1. The van der Waals surface area contributed by atoms with E-state index in [-0.39, 0.29) is 17.9 Å². The SMILES string of the molecule is CCC(O)C1CCCN(C(C)C)C1=O. The van der Waals surface area contributed by atoms with Crippen LogP contribution in [-0.4, -0.2) is 34.6 Å². The van der Waals surface area contributed by atoms with E-state index in [4.69, 9.17) is 0 Å². The van der Waals surface area contributed by atoms with Crippen molar-refractivity contribution in [2.24, 2.45) is 5.92 Å². The second-order valence-electron chi connectivity index (χ2n) is 4.35. The number of piperidine rings is 1. The van der Waals surface area contributed by atoms with Crippen LogP contribution in [0.25, 0.3) is 0 Å². The monoisotopic (exact) mass is 199 g/mol. The molecular weight excluding hydrogens is 178 g/mol. The maximum Gasteiger partial charge on any atom is 0.228 e. The van der Waals surface area contributed by atoms with Crippen molar-refractivity contribution >= 4 is 5.91 Å². The Balaban J connectivity index is 2.66. The molecule has 0 aliphatic carbocycles. The summed E-state index contributed by atoms with van der Waals surface area (Å²) in [5.74, 6) is -0.0169. The second kappa shape index (κ2) is 4.78. The number of carbonyl (C=O) groups is 1. The van der Waals surface area contributed by atoms with Gasteiger partial charge in [-0.2, -0.15) is 0 Å². The lowest BCUT2D eigenvalue weighted by atomic mass is 9.89. The normalized spacial score (nSPS) is 25.6. The van der Waals surface area contributed by atoms with Crippen LogP contribution in [0.4, 0.5) is 0 Å². The van der Waals surface area contributed by atoms with Crippen LogP contribution in [0, 0.1) is 5.92 Å². The maximum atomic E-state index is 11.9. The second-order valence-corrected chi connectivity index (χ2v) is 4.35. The van der Waals surface area contributed by atoms with Gasteiger partial charge in [0.1, 0.15) is 0 Å². The molecule has 0 spiro atoms. The minimum Gasteiger partial charge on any atom is -0.392 e. The van der Waals surface area contributed by atoms with Crippen molar-refractivity contribution in [3.05, 3.63) is 0 Å². The van der Waals surface area contributed by atoms with E-state index in [9.17, 15) is 9.90 Å². The number of rotatable bonds is 3. The van der Waals surface area contributed by atoms with Gasteiger partial charge in [0.15, 0.2) is 0 Å². The van der Waals surface area contributed by atoms with Gasteiger partial charge in [0.25, 0.3) is 0 Å². The Hall–Kier alpha value is -0.570. The molecule has 0 aromatic rings. The predicted molar refractivity (Wildman–Crippen MR) is 55.9 cm³/mol. The highest BCUT2D eigenvalue weighted by molar-refractivity contribution is 5.80. The number of hydrogen-bond donors (Lipinski definition) is 1. The highest BCUT2D eigenvalue weighted by Gasteiger charge is 2.33. The van der Waals surface area contributed by atoms with Gasteiger partial charge in [-0.15, -0.1) is 0 Å². The third kappa shape index (κ3) is 2.27. The van der Waals surface area contributed by atoms with Crippen LogP contribution < -0.4 is 0 Å². The first-order valence-corrected chi connectivity index (χ1v) is 5.56. The molecule has 1 saturated heterocycles. The van der Waals surface area contributed by atoms with Gasteiger partial charge in [-0.3, -0.25) is 4.79 Å². The summed E-state index contributed by atoms with van der Waals surface area (Å²) in [5, 5.41) is 9.71. The van der Waals surface area contributed by atoms with E-state index in [0.717, 1.165) is 19.4 Å². The minimum atomic E-state index is -0.455. The molecule has 82 valence electrons. The topological polar surface area (TPSA) is 40.5 Å². The highest BCUT2D eigenvalue weighted by Crippen LogP contribution is 2.24. The number of amides is 1. The molecule has 0 aromatic heterocycles. The van der Waals surface area contributed by atoms with Gasteiger partial charge >= 0.3 is 0 Å². The molecule has 3 heteroatoms. The molecule has 1 rings (SSSR count). The van der Waals surface area contributed by atoms with Crippen LogP contribution in [0.1, 0.15) is 40.0 Å². The smallest absolute Gasteiger partial charge is 0.228 e. The van der Waals surface area contributed by atoms with Gasteiger partial charge in [-0.25, -0.2) is 0 Å². The molecule has 2 unspecified atom stereocenters. The molecule has 0 saturated carbocycles. The number of carbonyl (C=O) groups excluding carboxylic acids is 1. The fourth-order valence-corrected chi connectivity index (χ4v) is 2.08. The summed E-state index contributed by atoms with van der Waals surface area (Å²) in [7, 11) is 0. The average Bonchev–Trinajstić information content (AvgIpc) is 2.16. The van der Waals surface area contributed by atoms with Gasteiger partial charge in [0.2, 0.25) is 5.91 Å². The average molecular weight is 199 g/mol. The molecule has 3 nitrogen and oxygen atoms in total. The van der Waals surface area contributed by atoms with Gasteiger partial charge in [-0.1, -0.05) is 6.92 Å². The van der Waals surface area contributed by atoms with Crippen molar-refractivity contribution in [1.82, 2.24) is 4.90 Å². The summed E-state index contributed by atoms with van der Waals surface area (Å²) in [6.45, 7) is 6.83. The Bertz CT molecular complexity index is 203. The molecule has 1 N–H and O–H groups in total. The Morgan fingerprint density at radius 3 is 2.71 bits per heavy atom. The fourth-order valence-electron chi connectivity index (χ4n) is 2.08. The lowest BCUT2D eigenvalue weighted by molar-refractivity contribution is -0.144. The molecular formula is C11H21NO2. The number of hydrogen-bond acceptors (Lipinski definition) is 2. The summed E-state index contributed by atoms with van der Waals surface area (Å²) >= 11 is 0. The summed E-state index contributed by atoms with van der Waals surface area (Å²) in [4.78, 5) is 13.8. The van der Waals surface area contributed by atoms with E-state index in [1.54, 1.807) is 0 Å². The van der Waals surface area contributed by atoms with Crippen LogP contribution in [0.15, 0.2) is 0 Å². The standard InChI is InChI=1S/C11H21NO2/c1-4-10(13)9-6-5-7-12(8(2)3)11(9)14/h8-10,13H,4-7H2,1-3H3. The first-order valence-electron chi connectivity index (χ1n) is 5.56. The van der Waals surface area contributed by atoms with Gasteiger partial charge < -0.3 is 10.0 Å². The maximum absolute atomic E-state index is 11.9. The molecule has 14 heavy (non-hydrogen) atoms. The van der Waals surface area contributed by atoms with E-state index < -0.39 is 6.10 Å². The molecule has 1 heterocycles. The first-order chi connectivity index (χ1) is 6.57. The molecule has 0 bridgehead atoms. The van der Waals surface area contributed by atoms with Crippen molar-refractivity contribution in [1.29, 1.82) is 0 Å². The number of likely N-dealkylation sites (tertiary alicyclic amines) is 1. The first kappa shape index (κ1) is 11.5. The summed E-state index contributed by atoms with van der Waals surface area (Å²) in [5.41, 5.74) is 0. The predicted octanol–water partition coefficient (Wildman–Crippen LogP) is 1.40. The Labute approximate surface area is 86.1 Å². The Morgan fingerprint density at radius 2 is 2.21 bits per heavy atom. The van der Waals surface area contributed by atoms with Gasteiger partial charge in [-0.05, 0) is 33.1 Å². The summed E-state index contributed by atoms with van der Waals surface area (Å²) in [6.07, 6.45) is 2.08. The van der Waals surface area contributed by atoms with Gasteiger partial charge in [0.05, 0.1) is 12.0 Å². The quantitative estimate of drug-likeness (QED) is 0.746. The van der Waals surface area contributed by atoms with Crippen LogP contribution in [0.2, 0.25) is 0 Å². The molecule has 1 aliphatic heterocycles. The van der Waals surface area contributed by atoms with Crippen LogP contribution in [0.3, 0.4) is 0 Å².